The highest BCUT2D eigenvalue weighted by molar-refractivity contribution is 5.96. The third-order valence-electron chi connectivity index (χ3n) is 4.04. The van der Waals surface area contributed by atoms with Crippen molar-refractivity contribution in [2.24, 2.45) is 0 Å². The van der Waals surface area contributed by atoms with Crippen LogP contribution in [0, 0.1) is 0 Å². The molecule has 0 spiro atoms. The van der Waals surface area contributed by atoms with E-state index in [0.29, 0.717) is 18.6 Å². The van der Waals surface area contributed by atoms with Crippen molar-refractivity contribution in [1.29, 1.82) is 0 Å². The number of carboxylic acids is 1. The van der Waals surface area contributed by atoms with Gasteiger partial charge in [-0.2, -0.15) is 0 Å². The number of carboxylic acid groups (broad SMARTS) is 1. The Balaban J connectivity index is 2.04. The molecule has 0 aromatic heterocycles. The van der Waals surface area contributed by atoms with Crippen LogP contribution in [0.1, 0.15) is 36.2 Å². The molecule has 2 rings (SSSR count). The molecule has 1 amide bonds. The average Bonchev–Trinajstić information content (AvgIpc) is 2.64. The summed E-state index contributed by atoms with van der Waals surface area (Å²) < 4.78 is 5.68. The molecule has 2 aromatic carbocycles. The van der Waals surface area contributed by atoms with Crippen LogP contribution >= 0.6 is 0 Å². The Labute approximate surface area is 147 Å². The van der Waals surface area contributed by atoms with Crippen molar-refractivity contribution in [3.8, 4) is 5.75 Å². The average molecular weight is 341 g/mol. The van der Waals surface area contributed by atoms with E-state index in [1.54, 1.807) is 12.1 Å². The molecule has 2 aromatic rings. The third kappa shape index (κ3) is 5.35. The largest absolute Gasteiger partial charge is 0.489 e. The maximum absolute atomic E-state index is 12.6. The highest BCUT2D eigenvalue weighted by atomic mass is 16.5. The zero-order chi connectivity index (χ0) is 18.2. The van der Waals surface area contributed by atoms with Gasteiger partial charge in [0.25, 0.3) is 5.91 Å². The number of rotatable bonds is 8. The second-order valence-corrected chi connectivity index (χ2v) is 5.88. The Kier molecular flexibility index (Phi) is 6.57. The van der Waals surface area contributed by atoms with E-state index in [1.165, 1.54) is 4.90 Å². The summed E-state index contributed by atoms with van der Waals surface area (Å²) in [7, 11) is 0. The maximum atomic E-state index is 12.6. The normalized spacial score (nSPS) is 11.6. The molecule has 0 heterocycles. The molecule has 5 nitrogen and oxygen atoms in total. The summed E-state index contributed by atoms with van der Waals surface area (Å²) in [5.41, 5.74) is 1.42. The predicted molar refractivity (Wildman–Crippen MR) is 95.6 cm³/mol. The summed E-state index contributed by atoms with van der Waals surface area (Å²) in [4.78, 5) is 25.0. The Morgan fingerprint density at radius 2 is 1.72 bits per heavy atom. The van der Waals surface area contributed by atoms with Crippen LogP contribution < -0.4 is 4.74 Å². The summed E-state index contributed by atoms with van der Waals surface area (Å²) in [6, 6.07) is 16.4. The fourth-order valence-corrected chi connectivity index (χ4v) is 2.39. The lowest BCUT2D eigenvalue weighted by molar-refractivity contribution is -0.138. The first-order valence-electron chi connectivity index (χ1n) is 8.30. The Bertz CT molecular complexity index is 697. The summed E-state index contributed by atoms with van der Waals surface area (Å²) >= 11 is 0. The number of hydrogen-bond acceptors (Lipinski definition) is 3. The predicted octanol–water partition coefficient (Wildman–Crippen LogP) is 3.59. The van der Waals surface area contributed by atoms with Crippen LogP contribution in [-0.2, 0) is 11.4 Å². The van der Waals surface area contributed by atoms with E-state index in [2.05, 4.69) is 0 Å². The van der Waals surface area contributed by atoms with Crippen LogP contribution in [0.25, 0.3) is 0 Å². The highest BCUT2D eigenvalue weighted by Gasteiger charge is 2.22. The van der Waals surface area contributed by atoms with Gasteiger partial charge in [-0.25, -0.2) is 0 Å². The molecule has 1 N–H and O–H groups in total. The van der Waals surface area contributed by atoms with Gasteiger partial charge >= 0.3 is 5.97 Å². The number of aliphatic carboxylic acids is 1. The molecule has 1 atom stereocenters. The van der Waals surface area contributed by atoms with Crippen LogP contribution in [-0.4, -0.2) is 34.5 Å². The monoisotopic (exact) mass is 341 g/mol. The van der Waals surface area contributed by atoms with Crippen molar-refractivity contribution >= 4 is 11.9 Å². The lowest BCUT2D eigenvalue weighted by atomic mass is 10.1. The minimum atomic E-state index is -1.01. The van der Waals surface area contributed by atoms with Gasteiger partial charge in [-0.05, 0) is 43.2 Å². The van der Waals surface area contributed by atoms with Gasteiger partial charge < -0.3 is 14.7 Å². The zero-order valence-corrected chi connectivity index (χ0v) is 14.5. The first-order valence-corrected chi connectivity index (χ1v) is 8.30. The summed E-state index contributed by atoms with van der Waals surface area (Å²) in [6.45, 7) is 3.88. The van der Waals surface area contributed by atoms with Crippen molar-refractivity contribution < 1.29 is 19.4 Å². The molecule has 132 valence electrons. The fraction of sp³-hybridized carbons (Fsp3) is 0.300. The molecule has 0 saturated carbocycles. The Morgan fingerprint density at radius 1 is 1.08 bits per heavy atom. The molecule has 0 bridgehead atoms. The van der Waals surface area contributed by atoms with Crippen LogP contribution in [0.15, 0.2) is 54.6 Å². The first-order chi connectivity index (χ1) is 12.0. The lowest BCUT2D eigenvalue weighted by Gasteiger charge is -2.27. The molecule has 0 aliphatic heterocycles. The van der Waals surface area contributed by atoms with Crippen LogP contribution in [0.3, 0.4) is 0 Å². The SMILES string of the molecule is CCC(C)N(CC(=O)O)C(=O)c1ccc(COc2ccccc2)cc1. The number of benzene rings is 2. The van der Waals surface area contributed by atoms with Crippen molar-refractivity contribution in [2.75, 3.05) is 6.54 Å². The zero-order valence-electron chi connectivity index (χ0n) is 14.5. The Morgan fingerprint density at radius 3 is 2.28 bits per heavy atom. The number of ether oxygens (including phenoxy) is 1. The molecule has 0 saturated heterocycles. The third-order valence-corrected chi connectivity index (χ3v) is 4.04. The van der Waals surface area contributed by atoms with Crippen LogP contribution in [0.4, 0.5) is 0 Å². The minimum Gasteiger partial charge on any atom is -0.489 e. The van der Waals surface area contributed by atoms with Crippen LogP contribution in [0.2, 0.25) is 0 Å². The van der Waals surface area contributed by atoms with Crippen molar-refractivity contribution in [2.45, 2.75) is 32.9 Å². The van der Waals surface area contributed by atoms with Crippen molar-refractivity contribution in [3.63, 3.8) is 0 Å². The second-order valence-electron chi connectivity index (χ2n) is 5.88. The fourth-order valence-electron chi connectivity index (χ4n) is 2.39. The van der Waals surface area contributed by atoms with Gasteiger partial charge in [0.05, 0.1) is 0 Å². The van der Waals surface area contributed by atoms with Crippen molar-refractivity contribution in [3.05, 3.63) is 65.7 Å². The number of amides is 1. The van der Waals surface area contributed by atoms with E-state index in [9.17, 15) is 9.59 Å². The standard InChI is InChI=1S/C20H23NO4/c1-3-15(2)21(13-19(22)23)20(24)17-11-9-16(10-12-17)14-25-18-7-5-4-6-8-18/h4-12,15H,3,13-14H2,1-2H3,(H,22,23). The first kappa shape index (κ1) is 18.5. The van der Waals surface area contributed by atoms with Gasteiger partial charge in [0, 0.05) is 11.6 Å². The molecule has 0 aliphatic carbocycles. The van der Waals surface area contributed by atoms with Gasteiger partial charge in [0.1, 0.15) is 18.9 Å². The van der Waals surface area contributed by atoms with Gasteiger partial charge in [0.15, 0.2) is 0 Å². The van der Waals surface area contributed by atoms with Gasteiger partial charge in [0.2, 0.25) is 0 Å². The molecule has 25 heavy (non-hydrogen) atoms. The molecule has 1 unspecified atom stereocenters. The number of hydrogen-bond donors (Lipinski definition) is 1. The van der Waals surface area contributed by atoms with Gasteiger partial charge in [-0.15, -0.1) is 0 Å². The molecule has 0 radical (unpaired) electrons. The quantitative estimate of drug-likeness (QED) is 0.797. The maximum Gasteiger partial charge on any atom is 0.323 e. The number of para-hydroxylation sites is 1. The van der Waals surface area contributed by atoms with E-state index in [-0.39, 0.29) is 18.5 Å². The van der Waals surface area contributed by atoms with E-state index >= 15 is 0 Å². The van der Waals surface area contributed by atoms with E-state index in [4.69, 9.17) is 9.84 Å². The lowest BCUT2D eigenvalue weighted by Crippen LogP contribution is -2.41. The van der Waals surface area contributed by atoms with Gasteiger partial charge in [-0.1, -0.05) is 37.3 Å². The van der Waals surface area contributed by atoms with Crippen molar-refractivity contribution in [1.82, 2.24) is 4.90 Å². The molecular weight excluding hydrogens is 318 g/mol. The Hall–Kier alpha value is -2.82. The number of nitrogens with zero attached hydrogens (tertiary/aromatic N) is 1. The molecular formula is C20H23NO4. The molecule has 5 heteroatoms. The van der Waals surface area contributed by atoms with Gasteiger partial charge in [-0.3, -0.25) is 9.59 Å². The summed E-state index contributed by atoms with van der Waals surface area (Å²) in [6.07, 6.45) is 0.696. The highest BCUT2D eigenvalue weighted by Crippen LogP contribution is 2.15. The molecule has 0 fully saturated rings. The van der Waals surface area contributed by atoms with Crippen LogP contribution in [0.5, 0.6) is 5.75 Å². The summed E-state index contributed by atoms with van der Waals surface area (Å²) in [5, 5.41) is 9.04. The number of carbonyl (C=O) groups excluding carboxylic acids is 1. The smallest absolute Gasteiger partial charge is 0.323 e. The topological polar surface area (TPSA) is 66.8 Å². The summed E-state index contributed by atoms with van der Waals surface area (Å²) in [5.74, 6) is -0.499. The van der Waals surface area contributed by atoms with E-state index < -0.39 is 5.97 Å². The second kappa shape index (κ2) is 8.87. The minimum absolute atomic E-state index is 0.135. The molecule has 0 aliphatic rings. The van der Waals surface area contributed by atoms with E-state index in [0.717, 1.165) is 11.3 Å². The number of carbonyl (C=O) groups is 2. The van der Waals surface area contributed by atoms with E-state index in [1.807, 2.05) is 56.3 Å².